The lowest BCUT2D eigenvalue weighted by atomic mass is 10.1. The molecule has 168 valence electrons. The number of carbonyl (C=O) groups excluding carboxylic acids is 3. The number of halogens is 2. The molecule has 0 spiro atoms. The summed E-state index contributed by atoms with van der Waals surface area (Å²) in [5.74, 6) is -1.97. The number of benzene rings is 3. The van der Waals surface area contributed by atoms with Crippen molar-refractivity contribution in [2.24, 2.45) is 0 Å². The third-order valence-corrected chi connectivity index (χ3v) is 5.36. The molecule has 1 fully saturated rings. The molecule has 4 rings (SSSR count). The van der Waals surface area contributed by atoms with Crippen molar-refractivity contribution >= 4 is 29.2 Å². The number of carbonyl (C=O) groups is 3. The molecule has 3 aromatic carbocycles. The number of nitrogens with one attached hydrogen (secondary N) is 1. The summed E-state index contributed by atoms with van der Waals surface area (Å²) in [6.45, 7) is 1.84. The van der Waals surface area contributed by atoms with E-state index in [9.17, 15) is 23.2 Å². The van der Waals surface area contributed by atoms with E-state index in [0.29, 0.717) is 16.9 Å². The van der Waals surface area contributed by atoms with E-state index in [2.05, 4.69) is 5.32 Å². The standard InChI is InChI=1S/C25H21F2N3O3/c1-16-5-11-21(12-6-16)30-24(32)22(14-23(31)28-20-9-7-18(26)8-10-20)29(25(30)33)15-17-3-2-4-19(27)13-17/h2-13,22H,14-15H2,1H3,(H,28,31)/t22-/m0/s1. The molecule has 0 saturated carbocycles. The highest BCUT2D eigenvalue weighted by atomic mass is 19.1. The average molecular weight is 449 g/mol. The number of nitrogens with zero attached hydrogens (tertiary/aromatic N) is 2. The minimum atomic E-state index is -1.08. The van der Waals surface area contributed by atoms with Crippen LogP contribution in [0.5, 0.6) is 0 Å². The number of imide groups is 1. The molecular formula is C25H21F2N3O3. The molecule has 1 saturated heterocycles. The van der Waals surface area contributed by atoms with Crippen LogP contribution in [0.25, 0.3) is 0 Å². The number of hydrogen-bond acceptors (Lipinski definition) is 3. The monoisotopic (exact) mass is 449 g/mol. The fourth-order valence-electron chi connectivity index (χ4n) is 3.70. The fourth-order valence-corrected chi connectivity index (χ4v) is 3.70. The van der Waals surface area contributed by atoms with Crippen LogP contribution < -0.4 is 10.2 Å². The smallest absolute Gasteiger partial charge is 0.326 e. The molecule has 8 heteroatoms. The largest absolute Gasteiger partial charge is 0.332 e. The van der Waals surface area contributed by atoms with E-state index in [1.165, 1.54) is 47.4 Å². The molecule has 0 unspecified atom stereocenters. The Morgan fingerprint density at radius 3 is 2.30 bits per heavy atom. The highest BCUT2D eigenvalue weighted by molar-refractivity contribution is 6.22. The maximum absolute atomic E-state index is 13.7. The molecule has 0 bridgehead atoms. The van der Waals surface area contributed by atoms with E-state index < -0.39 is 35.5 Å². The lowest BCUT2D eigenvalue weighted by molar-refractivity contribution is -0.124. The van der Waals surface area contributed by atoms with Crippen LogP contribution in [-0.2, 0) is 16.1 Å². The van der Waals surface area contributed by atoms with Gasteiger partial charge in [-0.15, -0.1) is 0 Å². The van der Waals surface area contributed by atoms with Gasteiger partial charge in [0.1, 0.15) is 17.7 Å². The quantitative estimate of drug-likeness (QED) is 0.558. The predicted molar refractivity (Wildman–Crippen MR) is 119 cm³/mol. The Kier molecular flexibility index (Phi) is 6.17. The van der Waals surface area contributed by atoms with Crippen LogP contribution in [0.3, 0.4) is 0 Å². The minimum absolute atomic E-state index is 0.0425. The Bertz CT molecular complexity index is 1200. The second-order valence-corrected chi connectivity index (χ2v) is 7.82. The van der Waals surface area contributed by atoms with Gasteiger partial charge < -0.3 is 10.2 Å². The molecule has 0 radical (unpaired) electrons. The van der Waals surface area contributed by atoms with Crippen LogP contribution in [0, 0.1) is 18.6 Å². The molecule has 1 atom stereocenters. The zero-order valence-electron chi connectivity index (χ0n) is 17.8. The van der Waals surface area contributed by atoms with Crippen LogP contribution in [0.4, 0.5) is 25.0 Å². The normalized spacial score (nSPS) is 15.8. The maximum Gasteiger partial charge on any atom is 0.332 e. The summed E-state index contributed by atoms with van der Waals surface area (Å²) in [7, 11) is 0. The highest BCUT2D eigenvalue weighted by Crippen LogP contribution is 2.29. The Morgan fingerprint density at radius 1 is 0.939 bits per heavy atom. The van der Waals surface area contributed by atoms with Gasteiger partial charge in [-0.2, -0.15) is 0 Å². The van der Waals surface area contributed by atoms with Gasteiger partial charge in [0.25, 0.3) is 5.91 Å². The van der Waals surface area contributed by atoms with Crippen molar-refractivity contribution in [3.63, 3.8) is 0 Å². The summed E-state index contributed by atoms with van der Waals surface area (Å²) in [4.78, 5) is 41.5. The van der Waals surface area contributed by atoms with E-state index in [4.69, 9.17) is 0 Å². The Hall–Kier alpha value is -4.07. The van der Waals surface area contributed by atoms with Crippen molar-refractivity contribution in [2.75, 3.05) is 10.2 Å². The molecule has 0 aromatic heterocycles. The average Bonchev–Trinajstić information content (AvgIpc) is 3.00. The maximum atomic E-state index is 13.7. The Labute approximate surface area is 189 Å². The molecule has 1 N–H and O–H groups in total. The van der Waals surface area contributed by atoms with E-state index >= 15 is 0 Å². The topological polar surface area (TPSA) is 69.7 Å². The number of rotatable bonds is 6. The van der Waals surface area contributed by atoms with Gasteiger partial charge in [0, 0.05) is 12.2 Å². The number of urea groups is 1. The lowest BCUT2D eigenvalue weighted by Gasteiger charge is -2.21. The zero-order chi connectivity index (χ0) is 23.5. The summed E-state index contributed by atoms with van der Waals surface area (Å²) < 4.78 is 26.8. The molecule has 1 aliphatic rings. The number of amides is 4. The van der Waals surface area contributed by atoms with E-state index in [1.54, 1.807) is 30.3 Å². The molecular weight excluding hydrogens is 428 g/mol. The van der Waals surface area contributed by atoms with Gasteiger partial charge in [0.05, 0.1) is 12.1 Å². The first-order valence-electron chi connectivity index (χ1n) is 10.3. The second kappa shape index (κ2) is 9.20. The van der Waals surface area contributed by atoms with Crippen molar-refractivity contribution in [1.29, 1.82) is 0 Å². The third kappa shape index (κ3) is 4.90. The zero-order valence-corrected chi connectivity index (χ0v) is 17.8. The van der Waals surface area contributed by atoms with Crippen LogP contribution in [0.15, 0.2) is 72.8 Å². The highest BCUT2D eigenvalue weighted by Gasteiger charge is 2.46. The van der Waals surface area contributed by atoms with Crippen molar-refractivity contribution in [3.8, 4) is 0 Å². The predicted octanol–water partition coefficient (Wildman–Crippen LogP) is 4.64. The summed E-state index contributed by atoms with van der Waals surface area (Å²) in [6.07, 6.45) is -0.306. The molecule has 4 amide bonds. The van der Waals surface area contributed by atoms with Gasteiger partial charge >= 0.3 is 6.03 Å². The first-order chi connectivity index (χ1) is 15.8. The summed E-state index contributed by atoms with van der Waals surface area (Å²) in [6, 6.07) is 16.1. The van der Waals surface area contributed by atoms with Crippen LogP contribution in [-0.4, -0.2) is 28.8 Å². The molecule has 3 aromatic rings. The number of hydrogen-bond donors (Lipinski definition) is 1. The molecule has 1 aliphatic heterocycles. The lowest BCUT2D eigenvalue weighted by Crippen LogP contribution is -2.37. The van der Waals surface area contributed by atoms with Crippen molar-refractivity contribution in [1.82, 2.24) is 4.90 Å². The van der Waals surface area contributed by atoms with E-state index in [0.717, 1.165) is 10.5 Å². The summed E-state index contributed by atoms with van der Waals surface area (Å²) >= 11 is 0. The van der Waals surface area contributed by atoms with E-state index in [1.807, 2.05) is 6.92 Å². The van der Waals surface area contributed by atoms with Gasteiger partial charge in [-0.3, -0.25) is 9.59 Å². The van der Waals surface area contributed by atoms with Crippen LogP contribution >= 0.6 is 0 Å². The Balaban J connectivity index is 1.60. The van der Waals surface area contributed by atoms with Crippen LogP contribution in [0.1, 0.15) is 17.5 Å². The Morgan fingerprint density at radius 2 is 1.64 bits per heavy atom. The summed E-state index contributed by atoms with van der Waals surface area (Å²) in [5, 5.41) is 2.61. The van der Waals surface area contributed by atoms with Crippen molar-refractivity contribution in [3.05, 3.63) is 95.6 Å². The van der Waals surface area contributed by atoms with Gasteiger partial charge in [-0.25, -0.2) is 18.5 Å². The SMILES string of the molecule is Cc1ccc(N2C(=O)[C@H](CC(=O)Nc3ccc(F)cc3)N(Cc3cccc(F)c3)C2=O)cc1. The van der Waals surface area contributed by atoms with Crippen molar-refractivity contribution < 1.29 is 23.2 Å². The van der Waals surface area contributed by atoms with Gasteiger partial charge in [0.15, 0.2) is 0 Å². The molecule has 1 heterocycles. The van der Waals surface area contributed by atoms with Gasteiger partial charge in [0.2, 0.25) is 5.91 Å². The minimum Gasteiger partial charge on any atom is -0.326 e. The first kappa shape index (κ1) is 22.1. The molecule has 6 nitrogen and oxygen atoms in total. The second-order valence-electron chi connectivity index (χ2n) is 7.82. The van der Waals surface area contributed by atoms with Crippen molar-refractivity contribution in [2.45, 2.75) is 25.9 Å². The summed E-state index contributed by atoms with van der Waals surface area (Å²) in [5.41, 5.74) is 2.21. The molecule has 0 aliphatic carbocycles. The fraction of sp³-hybridized carbons (Fsp3) is 0.160. The molecule has 33 heavy (non-hydrogen) atoms. The number of aryl methyl sites for hydroxylation is 1. The first-order valence-corrected chi connectivity index (χ1v) is 10.3. The van der Waals surface area contributed by atoms with Gasteiger partial charge in [-0.05, 0) is 61.0 Å². The van der Waals surface area contributed by atoms with Gasteiger partial charge in [-0.1, -0.05) is 29.8 Å². The van der Waals surface area contributed by atoms with Crippen LogP contribution in [0.2, 0.25) is 0 Å². The number of anilines is 2. The third-order valence-electron chi connectivity index (χ3n) is 5.36. The van der Waals surface area contributed by atoms with E-state index in [-0.39, 0.29) is 13.0 Å².